The number of carbonyl (C=O) groups excluding carboxylic acids is 1. The molecule has 0 saturated carbocycles. The molecule has 5 nitrogen and oxygen atoms in total. The van der Waals surface area contributed by atoms with Gasteiger partial charge < -0.3 is 9.47 Å². The minimum atomic E-state index is -4.84. The van der Waals surface area contributed by atoms with Crippen molar-refractivity contribution in [3.63, 3.8) is 0 Å². The van der Waals surface area contributed by atoms with Gasteiger partial charge in [-0.25, -0.2) is 12.8 Å². The van der Waals surface area contributed by atoms with E-state index >= 15 is 0 Å². The van der Waals surface area contributed by atoms with E-state index in [1.807, 2.05) is 0 Å². The number of carbonyl (C=O) groups is 1. The number of benzene rings is 2. The van der Waals surface area contributed by atoms with Gasteiger partial charge in [0.25, 0.3) is 5.91 Å². The maximum absolute atomic E-state index is 15.0. The second kappa shape index (κ2) is 10.6. The van der Waals surface area contributed by atoms with E-state index in [1.165, 1.54) is 26.1 Å². The molecule has 0 aliphatic heterocycles. The van der Waals surface area contributed by atoms with Gasteiger partial charge in [-0.3, -0.25) is 4.79 Å². The molecule has 3 aromatic rings. The average molecular weight is 545 g/mol. The molecule has 0 N–H and O–H groups in total. The van der Waals surface area contributed by atoms with Crippen LogP contribution in [0.2, 0.25) is 5.02 Å². The lowest BCUT2D eigenvalue weighted by Gasteiger charge is -2.21. The first kappa shape index (κ1) is 27.7. The van der Waals surface area contributed by atoms with Crippen LogP contribution in [-0.2, 0) is 22.6 Å². The second-order valence-electron chi connectivity index (χ2n) is 8.60. The molecule has 0 fully saturated rings. The van der Waals surface area contributed by atoms with Gasteiger partial charge in [-0.05, 0) is 42.7 Å². The highest BCUT2D eigenvalue weighted by Gasteiger charge is 2.42. The number of hydrogen-bond donors (Lipinski definition) is 0. The van der Waals surface area contributed by atoms with Crippen molar-refractivity contribution < 1.29 is 30.8 Å². The van der Waals surface area contributed by atoms with E-state index < -0.39 is 33.4 Å². The van der Waals surface area contributed by atoms with Crippen LogP contribution in [0.3, 0.4) is 0 Å². The van der Waals surface area contributed by atoms with Gasteiger partial charge >= 0.3 is 6.18 Å². The van der Waals surface area contributed by atoms with E-state index in [-0.39, 0.29) is 52.7 Å². The van der Waals surface area contributed by atoms with E-state index in [0.29, 0.717) is 5.56 Å². The molecule has 0 bridgehead atoms. The van der Waals surface area contributed by atoms with Crippen molar-refractivity contribution in [3.05, 3.63) is 81.9 Å². The molecule has 3 rings (SSSR count). The lowest BCUT2D eigenvalue weighted by molar-refractivity contribution is -0.143. The van der Waals surface area contributed by atoms with Crippen LogP contribution in [-0.4, -0.2) is 49.4 Å². The molecule has 11 heteroatoms. The molecule has 0 aliphatic rings. The number of aromatic nitrogens is 1. The molecule has 0 spiro atoms. The highest BCUT2D eigenvalue weighted by Crippen LogP contribution is 2.42. The SMILES string of the molecule is Cc1c(-c2ccc(Cl)cc2F)c(C(=O)N(C)CCCS(C)(=O)=O)n(Cc2ccccc2)c1C(F)(F)F. The molecule has 1 amide bonds. The van der Waals surface area contributed by atoms with Crippen molar-refractivity contribution in [1.82, 2.24) is 9.47 Å². The fraction of sp³-hybridized carbons (Fsp3) is 0.320. The summed E-state index contributed by atoms with van der Waals surface area (Å²) >= 11 is 5.86. The molecular formula is C25H25ClF4N2O3S. The van der Waals surface area contributed by atoms with E-state index in [0.717, 1.165) is 21.8 Å². The molecule has 1 heterocycles. The molecule has 0 unspecified atom stereocenters. The number of nitrogens with zero attached hydrogens (tertiary/aromatic N) is 2. The van der Waals surface area contributed by atoms with Crippen molar-refractivity contribution >= 4 is 27.3 Å². The molecule has 1 aromatic heterocycles. The predicted octanol–water partition coefficient (Wildman–Crippen LogP) is 5.83. The first-order chi connectivity index (χ1) is 16.7. The van der Waals surface area contributed by atoms with E-state index in [4.69, 9.17) is 11.6 Å². The molecule has 0 aliphatic carbocycles. The Kier molecular flexibility index (Phi) is 8.20. The van der Waals surface area contributed by atoms with Crippen LogP contribution < -0.4 is 0 Å². The van der Waals surface area contributed by atoms with Crippen molar-refractivity contribution in [3.8, 4) is 11.1 Å². The summed E-state index contributed by atoms with van der Waals surface area (Å²) in [6, 6.07) is 11.9. The third kappa shape index (κ3) is 6.28. The third-order valence-corrected chi connectivity index (χ3v) is 6.98. The molecule has 36 heavy (non-hydrogen) atoms. The van der Waals surface area contributed by atoms with E-state index in [2.05, 4.69) is 0 Å². The van der Waals surface area contributed by atoms with Gasteiger partial charge in [0.2, 0.25) is 0 Å². The van der Waals surface area contributed by atoms with Gasteiger partial charge in [0.05, 0.1) is 5.75 Å². The van der Waals surface area contributed by atoms with Gasteiger partial charge in [-0.15, -0.1) is 0 Å². The van der Waals surface area contributed by atoms with Crippen LogP contribution in [0, 0.1) is 12.7 Å². The largest absolute Gasteiger partial charge is 0.431 e. The van der Waals surface area contributed by atoms with Crippen LogP contribution >= 0.6 is 11.6 Å². The number of sulfone groups is 1. The van der Waals surface area contributed by atoms with E-state index in [9.17, 15) is 30.8 Å². The topological polar surface area (TPSA) is 59.4 Å². The molecule has 194 valence electrons. The van der Waals surface area contributed by atoms with Crippen LogP contribution in [0.4, 0.5) is 17.6 Å². The number of amides is 1. The smallest absolute Gasteiger partial charge is 0.340 e. The quantitative estimate of drug-likeness (QED) is 0.335. The number of rotatable bonds is 8. The van der Waals surface area contributed by atoms with Crippen LogP contribution in [0.1, 0.15) is 33.7 Å². The van der Waals surface area contributed by atoms with Gasteiger partial charge in [0, 0.05) is 42.5 Å². The Balaban J connectivity index is 2.25. The molecule has 2 aromatic carbocycles. The zero-order valence-electron chi connectivity index (χ0n) is 19.9. The van der Waals surface area contributed by atoms with Gasteiger partial charge in [0.15, 0.2) is 0 Å². The van der Waals surface area contributed by atoms with Crippen LogP contribution in [0.15, 0.2) is 48.5 Å². The lowest BCUT2D eigenvalue weighted by atomic mass is 9.99. The number of alkyl halides is 3. The fourth-order valence-electron chi connectivity index (χ4n) is 4.13. The minimum absolute atomic E-state index is 0.0225. The van der Waals surface area contributed by atoms with Crippen molar-refractivity contribution in [2.24, 2.45) is 0 Å². The Hall–Kier alpha value is -2.85. The normalized spacial score (nSPS) is 12.1. The Morgan fingerprint density at radius 2 is 1.75 bits per heavy atom. The lowest BCUT2D eigenvalue weighted by Crippen LogP contribution is -2.32. The summed E-state index contributed by atoms with van der Waals surface area (Å²) in [4.78, 5) is 14.8. The predicted molar refractivity (Wildman–Crippen MR) is 131 cm³/mol. The summed E-state index contributed by atoms with van der Waals surface area (Å²) in [7, 11) is -1.93. The number of halogens is 5. The Morgan fingerprint density at radius 3 is 2.31 bits per heavy atom. The van der Waals surface area contributed by atoms with Crippen molar-refractivity contribution in [1.29, 1.82) is 0 Å². The number of hydrogen-bond acceptors (Lipinski definition) is 3. The van der Waals surface area contributed by atoms with Gasteiger partial charge in [0.1, 0.15) is 27.0 Å². The average Bonchev–Trinajstić information content (AvgIpc) is 3.04. The Morgan fingerprint density at radius 1 is 1.11 bits per heavy atom. The molecule has 0 radical (unpaired) electrons. The standard InChI is InChI=1S/C25H25ClF4N2O3S/c1-16-21(19-11-10-18(26)14-20(19)27)22(24(33)31(2)12-7-13-36(3,34)35)32(23(16)25(28,29)30)15-17-8-5-4-6-9-17/h4-6,8-11,14H,7,12-13,15H2,1-3H3. The molecule has 0 saturated heterocycles. The Bertz CT molecular complexity index is 1370. The third-order valence-electron chi connectivity index (χ3n) is 5.72. The summed E-state index contributed by atoms with van der Waals surface area (Å²) in [5.41, 5.74) is -1.58. The fourth-order valence-corrected chi connectivity index (χ4v) is 4.94. The van der Waals surface area contributed by atoms with Crippen molar-refractivity contribution in [2.45, 2.75) is 26.1 Å². The van der Waals surface area contributed by atoms with Crippen LogP contribution in [0.25, 0.3) is 11.1 Å². The summed E-state index contributed by atoms with van der Waals surface area (Å²) in [5.74, 6) is -1.85. The maximum atomic E-state index is 15.0. The first-order valence-corrected chi connectivity index (χ1v) is 13.4. The van der Waals surface area contributed by atoms with Crippen LogP contribution in [0.5, 0.6) is 0 Å². The second-order valence-corrected chi connectivity index (χ2v) is 11.3. The zero-order chi connectivity index (χ0) is 26.8. The van der Waals surface area contributed by atoms with E-state index in [1.54, 1.807) is 30.3 Å². The molecular weight excluding hydrogens is 520 g/mol. The Labute approximate surface area is 212 Å². The monoisotopic (exact) mass is 544 g/mol. The maximum Gasteiger partial charge on any atom is 0.431 e. The van der Waals surface area contributed by atoms with Gasteiger partial charge in [-0.1, -0.05) is 41.9 Å². The van der Waals surface area contributed by atoms with Crippen molar-refractivity contribution in [2.75, 3.05) is 25.6 Å². The summed E-state index contributed by atoms with van der Waals surface area (Å²) < 4.78 is 81.9. The summed E-state index contributed by atoms with van der Waals surface area (Å²) in [6.07, 6.45) is -3.69. The summed E-state index contributed by atoms with van der Waals surface area (Å²) in [6.45, 7) is 0.892. The first-order valence-electron chi connectivity index (χ1n) is 10.9. The highest BCUT2D eigenvalue weighted by molar-refractivity contribution is 7.90. The molecule has 0 atom stereocenters. The van der Waals surface area contributed by atoms with Gasteiger partial charge in [-0.2, -0.15) is 13.2 Å². The highest BCUT2D eigenvalue weighted by atomic mass is 35.5. The summed E-state index contributed by atoms with van der Waals surface area (Å²) in [5, 5.41) is 0.0550. The minimum Gasteiger partial charge on any atom is -0.340 e. The zero-order valence-corrected chi connectivity index (χ0v) is 21.4.